The molecule has 0 saturated carbocycles. The number of nitrogens with zero attached hydrogens (tertiary/aromatic N) is 1. The van der Waals surface area contributed by atoms with Gasteiger partial charge in [0.2, 0.25) is 0 Å². The molecule has 4 heteroatoms. The molecule has 0 spiro atoms. The van der Waals surface area contributed by atoms with Crippen LogP contribution in [0.3, 0.4) is 0 Å². The second-order valence-electron chi connectivity index (χ2n) is 5.92. The Morgan fingerprint density at radius 3 is 2.41 bits per heavy atom. The number of quaternary nitrogens is 1. The predicted octanol–water partition coefficient (Wildman–Crippen LogP) is 0.617. The van der Waals surface area contributed by atoms with Gasteiger partial charge in [-0.1, -0.05) is 6.58 Å². The maximum Gasteiger partial charge on any atom is 0.315 e. The Hall–Kier alpha value is -1.16. The summed E-state index contributed by atoms with van der Waals surface area (Å²) in [5.41, 5.74) is 0.360. The first-order valence-electron chi connectivity index (χ1n) is 5.89. The second kappa shape index (κ2) is 4.26. The van der Waals surface area contributed by atoms with Crippen molar-refractivity contribution in [2.75, 3.05) is 6.54 Å². The Balaban J connectivity index is 3.32. The summed E-state index contributed by atoms with van der Waals surface area (Å²) >= 11 is 0. The van der Waals surface area contributed by atoms with Crippen molar-refractivity contribution in [2.24, 2.45) is 0 Å². The maximum atomic E-state index is 12.2. The molecule has 1 aliphatic heterocycles. The molecular formula is C13H21NO3. The van der Waals surface area contributed by atoms with E-state index >= 15 is 0 Å². The van der Waals surface area contributed by atoms with E-state index in [0.29, 0.717) is 19.4 Å². The second-order valence-corrected chi connectivity index (χ2v) is 5.92. The SMILES string of the molecule is C=C(C)C[N+]1(C(C)(C)C)C(=O)CC[C@H]1C(=O)[O-]. The van der Waals surface area contributed by atoms with Crippen LogP contribution in [0.4, 0.5) is 0 Å². The number of carbonyl (C=O) groups is 2. The molecule has 1 amide bonds. The van der Waals surface area contributed by atoms with Crippen LogP contribution >= 0.6 is 0 Å². The first-order valence-corrected chi connectivity index (χ1v) is 5.89. The summed E-state index contributed by atoms with van der Waals surface area (Å²) in [5, 5.41) is 11.3. The van der Waals surface area contributed by atoms with Crippen LogP contribution in [0.2, 0.25) is 0 Å². The first kappa shape index (κ1) is 13.9. The topological polar surface area (TPSA) is 57.2 Å². The number of carboxylic acids is 1. The molecule has 4 nitrogen and oxygen atoms in total. The van der Waals surface area contributed by atoms with E-state index in [1.165, 1.54) is 0 Å². The van der Waals surface area contributed by atoms with Crippen molar-refractivity contribution in [3.63, 3.8) is 0 Å². The summed E-state index contributed by atoms with van der Waals surface area (Å²) in [6, 6.07) is -0.751. The van der Waals surface area contributed by atoms with Gasteiger partial charge in [0, 0.05) is 6.42 Å². The van der Waals surface area contributed by atoms with E-state index in [1.54, 1.807) is 0 Å². The highest BCUT2D eigenvalue weighted by atomic mass is 16.4. The molecule has 1 heterocycles. The van der Waals surface area contributed by atoms with Gasteiger partial charge in [-0.05, 0) is 33.3 Å². The Labute approximate surface area is 103 Å². The van der Waals surface area contributed by atoms with Crippen LogP contribution in [0.15, 0.2) is 12.2 Å². The standard InChI is InChI=1S/C13H21NO3/c1-9(2)8-14(13(3,4)5)10(12(16)17)6-7-11(14)15/h10H,1,6-8H2,2-5H3/t10-,14?/m0/s1. The van der Waals surface area contributed by atoms with E-state index in [0.717, 1.165) is 5.57 Å². The van der Waals surface area contributed by atoms with Gasteiger partial charge in [0.05, 0.1) is 17.9 Å². The van der Waals surface area contributed by atoms with Gasteiger partial charge in [-0.15, -0.1) is 0 Å². The summed E-state index contributed by atoms with van der Waals surface area (Å²) in [4.78, 5) is 23.5. The van der Waals surface area contributed by atoms with Crippen molar-refractivity contribution < 1.29 is 19.2 Å². The van der Waals surface area contributed by atoms with Gasteiger partial charge in [0.1, 0.15) is 12.6 Å². The minimum atomic E-state index is -1.13. The predicted molar refractivity (Wildman–Crippen MR) is 62.7 cm³/mol. The molecule has 0 aromatic carbocycles. The molecule has 96 valence electrons. The molecule has 1 fully saturated rings. The molecule has 17 heavy (non-hydrogen) atoms. The highest BCUT2D eigenvalue weighted by molar-refractivity contribution is 5.80. The van der Waals surface area contributed by atoms with Crippen LogP contribution in [0.25, 0.3) is 0 Å². The van der Waals surface area contributed by atoms with Gasteiger partial charge in [-0.3, -0.25) is 0 Å². The fourth-order valence-electron chi connectivity index (χ4n) is 2.85. The van der Waals surface area contributed by atoms with Crippen molar-refractivity contribution in [3.8, 4) is 0 Å². The van der Waals surface area contributed by atoms with Crippen molar-refractivity contribution in [2.45, 2.75) is 52.1 Å². The Bertz CT molecular complexity index is 367. The number of likely N-dealkylation sites (tertiary alicyclic amines) is 1. The average molecular weight is 239 g/mol. The molecule has 0 N–H and O–H groups in total. The summed E-state index contributed by atoms with van der Waals surface area (Å²) in [7, 11) is 0. The quantitative estimate of drug-likeness (QED) is 0.536. The molecule has 0 aromatic heterocycles. The van der Waals surface area contributed by atoms with E-state index in [9.17, 15) is 14.7 Å². The van der Waals surface area contributed by atoms with E-state index in [2.05, 4.69) is 6.58 Å². The van der Waals surface area contributed by atoms with E-state index < -0.39 is 17.6 Å². The fourth-order valence-corrected chi connectivity index (χ4v) is 2.85. The molecule has 1 rings (SSSR count). The van der Waals surface area contributed by atoms with E-state index in [1.807, 2.05) is 27.7 Å². The average Bonchev–Trinajstić information content (AvgIpc) is 2.43. The monoisotopic (exact) mass is 239 g/mol. The van der Waals surface area contributed by atoms with Crippen LogP contribution in [-0.4, -0.2) is 34.5 Å². The van der Waals surface area contributed by atoms with Crippen LogP contribution < -0.4 is 5.11 Å². The highest BCUT2D eigenvalue weighted by Gasteiger charge is 2.56. The normalized spacial score (nSPS) is 29.4. The van der Waals surface area contributed by atoms with Gasteiger partial charge >= 0.3 is 5.91 Å². The van der Waals surface area contributed by atoms with Gasteiger partial charge in [-0.2, -0.15) is 0 Å². The molecule has 0 aliphatic carbocycles. The third-order valence-corrected chi connectivity index (χ3v) is 3.60. The number of carbonyl (C=O) groups excluding carboxylic acids is 2. The molecular weight excluding hydrogens is 218 g/mol. The fraction of sp³-hybridized carbons (Fsp3) is 0.692. The van der Waals surface area contributed by atoms with Gasteiger partial charge in [0.25, 0.3) is 0 Å². The lowest BCUT2D eigenvalue weighted by Gasteiger charge is -2.48. The first-order chi connectivity index (χ1) is 7.63. The third kappa shape index (κ3) is 2.14. The number of aliphatic carboxylic acids is 1. The summed E-state index contributed by atoms with van der Waals surface area (Å²) in [5.74, 6) is -1.15. The number of amides is 1. The van der Waals surface area contributed by atoms with Crippen LogP contribution in [0.1, 0.15) is 40.5 Å². The Morgan fingerprint density at radius 1 is 1.53 bits per heavy atom. The number of carboxylic acid groups (broad SMARTS) is 1. The maximum absolute atomic E-state index is 12.2. The minimum Gasteiger partial charge on any atom is -0.544 e. The lowest BCUT2D eigenvalue weighted by atomic mass is 9.97. The molecule has 1 saturated heterocycles. The van der Waals surface area contributed by atoms with Crippen LogP contribution in [-0.2, 0) is 9.59 Å². The third-order valence-electron chi connectivity index (χ3n) is 3.60. The Morgan fingerprint density at radius 2 is 2.06 bits per heavy atom. The zero-order valence-electron chi connectivity index (χ0n) is 11.1. The lowest BCUT2D eigenvalue weighted by molar-refractivity contribution is -0.905. The van der Waals surface area contributed by atoms with Crippen molar-refractivity contribution >= 4 is 11.9 Å². The van der Waals surface area contributed by atoms with Gasteiger partial charge in [0.15, 0.2) is 0 Å². The van der Waals surface area contributed by atoms with E-state index in [4.69, 9.17) is 0 Å². The summed E-state index contributed by atoms with van der Waals surface area (Å²) in [6.07, 6.45) is 0.676. The van der Waals surface area contributed by atoms with Crippen LogP contribution in [0.5, 0.6) is 0 Å². The van der Waals surface area contributed by atoms with Gasteiger partial charge in [-0.25, -0.2) is 9.28 Å². The zero-order valence-corrected chi connectivity index (χ0v) is 11.1. The largest absolute Gasteiger partial charge is 0.544 e. The highest BCUT2D eigenvalue weighted by Crippen LogP contribution is 2.38. The molecule has 1 unspecified atom stereocenters. The molecule has 0 radical (unpaired) electrons. The summed E-state index contributed by atoms with van der Waals surface area (Å²) in [6.45, 7) is 11.7. The van der Waals surface area contributed by atoms with E-state index in [-0.39, 0.29) is 10.4 Å². The van der Waals surface area contributed by atoms with Crippen molar-refractivity contribution in [1.29, 1.82) is 0 Å². The Kier molecular flexibility index (Phi) is 3.48. The molecule has 0 bridgehead atoms. The van der Waals surface area contributed by atoms with Crippen molar-refractivity contribution in [3.05, 3.63) is 12.2 Å². The number of hydrogen-bond donors (Lipinski definition) is 0. The number of rotatable bonds is 3. The van der Waals surface area contributed by atoms with Gasteiger partial charge < -0.3 is 9.90 Å². The lowest BCUT2D eigenvalue weighted by Crippen LogP contribution is -2.69. The minimum absolute atomic E-state index is 0.0188. The molecule has 2 atom stereocenters. The zero-order chi connectivity index (χ0) is 13.4. The summed E-state index contributed by atoms with van der Waals surface area (Å²) < 4.78 is -0.0648. The smallest absolute Gasteiger partial charge is 0.315 e. The molecule has 0 aromatic rings. The number of hydrogen-bond acceptors (Lipinski definition) is 3. The molecule has 1 aliphatic rings. The van der Waals surface area contributed by atoms with Crippen LogP contribution in [0, 0.1) is 0 Å². The van der Waals surface area contributed by atoms with Crippen molar-refractivity contribution in [1.82, 2.24) is 0 Å².